The van der Waals surface area contributed by atoms with E-state index in [0.29, 0.717) is 16.8 Å². The zero-order valence-corrected chi connectivity index (χ0v) is 14.8. The van der Waals surface area contributed by atoms with Crippen LogP contribution in [-0.4, -0.2) is 15.9 Å². The third kappa shape index (κ3) is 3.96. The molecule has 138 valence electrons. The lowest BCUT2D eigenvalue weighted by Gasteiger charge is -2.10. The normalized spacial score (nSPS) is 10.6. The summed E-state index contributed by atoms with van der Waals surface area (Å²) >= 11 is 0. The van der Waals surface area contributed by atoms with Gasteiger partial charge in [0.2, 0.25) is 0 Å². The maximum absolute atomic E-state index is 13.8. The number of ether oxygens (including phenoxy) is 1. The van der Waals surface area contributed by atoms with Crippen LogP contribution < -0.4 is 10.1 Å². The van der Waals surface area contributed by atoms with Crippen LogP contribution in [0.1, 0.15) is 15.9 Å². The lowest BCUT2D eigenvalue weighted by molar-refractivity contribution is 0.0952. The molecular formula is C22H16FN3O2. The second-order valence-corrected chi connectivity index (χ2v) is 6.12. The minimum absolute atomic E-state index is 0.153. The fourth-order valence-corrected chi connectivity index (χ4v) is 2.83. The van der Waals surface area contributed by atoms with Crippen LogP contribution in [0.15, 0.2) is 79.1 Å². The molecule has 0 aliphatic heterocycles. The Hall–Kier alpha value is -3.80. The van der Waals surface area contributed by atoms with Crippen molar-refractivity contribution in [2.45, 2.75) is 6.54 Å². The molecule has 0 fully saturated rings. The highest BCUT2D eigenvalue weighted by Gasteiger charge is 2.14. The van der Waals surface area contributed by atoms with Gasteiger partial charge >= 0.3 is 0 Å². The van der Waals surface area contributed by atoms with E-state index in [1.165, 1.54) is 24.5 Å². The van der Waals surface area contributed by atoms with E-state index in [-0.39, 0.29) is 12.1 Å². The average Bonchev–Trinajstić information content (AvgIpc) is 2.72. The van der Waals surface area contributed by atoms with Crippen molar-refractivity contribution in [1.29, 1.82) is 0 Å². The molecule has 3 aromatic carbocycles. The molecule has 0 radical (unpaired) electrons. The summed E-state index contributed by atoms with van der Waals surface area (Å²) in [4.78, 5) is 20.8. The molecule has 1 heterocycles. The summed E-state index contributed by atoms with van der Waals surface area (Å²) in [5.41, 5.74) is 1.71. The Morgan fingerprint density at radius 1 is 0.929 bits per heavy atom. The van der Waals surface area contributed by atoms with Gasteiger partial charge < -0.3 is 10.1 Å². The second-order valence-electron chi connectivity index (χ2n) is 6.12. The fourth-order valence-electron chi connectivity index (χ4n) is 2.83. The summed E-state index contributed by atoms with van der Waals surface area (Å²) in [6.07, 6.45) is 2.93. The van der Waals surface area contributed by atoms with Crippen LogP contribution in [-0.2, 0) is 6.54 Å². The van der Waals surface area contributed by atoms with E-state index >= 15 is 0 Å². The number of halogens is 1. The van der Waals surface area contributed by atoms with Crippen molar-refractivity contribution >= 4 is 16.9 Å². The summed E-state index contributed by atoms with van der Waals surface area (Å²) in [7, 11) is 0. The van der Waals surface area contributed by atoms with Gasteiger partial charge in [0.05, 0.1) is 11.1 Å². The van der Waals surface area contributed by atoms with Gasteiger partial charge in [-0.25, -0.2) is 4.39 Å². The summed E-state index contributed by atoms with van der Waals surface area (Å²) in [5, 5.41) is 2.80. The molecule has 0 aliphatic carbocycles. The molecule has 0 unspecified atom stereocenters. The van der Waals surface area contributed by atoms with Gasteiger partial charge in [-0.2, -0.15) is 0 Å². The standard InChI is InChI=1S/C22H16FN3O2/c23-16-12-19(21-20(13-16)24-9-10-25-21)22(27)26-14-15-5-4-8-18(11-15)28-17-6-2-1-3-7-17/h1-13H,14H2,(H,26,27). The van der Waals surface area contributed by atoms with Crippen LogP contribution in [0.2, 0.25) is 0 Å². The first-order valence-electron chi connectivity index (χ1n) is 8.69. The monoisotopic (exact) mass is 373 g/mol. The highest BCUT2D eigenvalue weighted by atomic mass is 19.1. The molecule has 0 spiro atoms. The number of benzene rings is 3. The molecule has 1 N–H and O–H groups in total. The number of aromatic nitrogens is 2. The maximum atomic E-state index is 13.8. The Kier molecular flexibility index (Phi) is 4.93. The molecule has 0 bridgehead atoms. The molecule has 1 aromatic heterocycles. The van der Waals surface area contributed by atoms with Crippen LogP contribution >= 0.6 is 0 Å². The topological polar surface area (TPSA) is 64.1 Å². The highest BCUT2D eigenvalue weighted by molar-refractivity contribution is 6.04. The lowest BCUT2D eigenvalue weighted by atomic mass is 10.1. The van der Waals surface area contributed by atoms with E-state index in [2.05, 4.69) is 15.3 Å². The number of nitrogens with zero attached hydrogens (tertiary/aromatic N) is 2. The van der Waals surface area contributed by atoms with E-state index in [1.807, 2.05) is 54.6 Å². The summed E-state index contributed by atoms with van der Waals surface area (Å²) in [5.74, 6) is 0.448. The minimum atomic E-state index is -0.531. The van der Waals surface area contributed by atoms with Crippen molar-refractivity contribution < 1.29 is 13.9 Å². The number of fused-ring (bicyclic) bond motifs is 1. The Labute approximate surface area is 160 Å². The quantitative estimate of drug-likeness (QED) is 0.560. The van der Waals surface area contributed by atoms with Crippen molar-refractivity contribution in [2.24, 2.45) is 0 Å². The number of nitrogens with one attached hydrogen (secondary N) is 1. The van der Waals surface area contributed by atoms with Crippen molar-refractivity contribution in [3.63, 3.8) is 0 Å². The van der Waals surface area contributed by atoms with Crippen LogP contribution in [0.3, 0.4) is 0 Å². The van der Waals surface area contributed by atoms with Crippen LogP contribution in [0.5, 0.6) is 11.5 Å². The fraction of sp³-hybridized carbons (Fsp3) is 0.0455. The zero-order chi connectivity index (χ0) is 19.3. The molecule has 0 saturated heterocycles. The average molecular weight is 373 g/mol. The number of rotatable bonds is 5. The summed E-state index contributed by atoms with van der Waals surface area (Å²) in [6.45, 7) is 0.267. The van der Waals surface area contributed by atoms with Crippen LogP contribution in [0, 0.1) is 5.82 Å². The van der Waals surface area contributed by atoms with E-state index in [1.54, 1.807) is 0 Å². The maximum Gasteiger partial charge on any atom is 0.253 e. The molecule has 0 aliphatic rings. The first-order valence-corrected chi connectivity index (χ1v) is 8.69. The number of carbonyl (C=O) groups is 1. The van der Waals surface area contributed by atoms with Crippen molar-refractivity contribution in [1.82, 2.24) is 15.3 Å². The molecule has 6 heteroatoms. The predicted octanol–water partition coefficient (Wildman–Crippen LogP) is 4.49. The van der Waals surface area contributed by atoms with Crippen LogP contribution in [0.4, 0.5) is 4.39 Å². The second kappa shape index (κ2) is 7.84. The molecule has 0 atom stereocenters. The zero-order valence-electron chi connectivity index (χ0n) is 14.8. The molecule has 5 nitrogen and oxygen atoms in total. The van der Waals surface area contributed by atoms with Crippen molar-refractivity contribution in [3.05, 3.63) is 96.1 Å². The molecular weight excluding hydrogens is 357 g/mol. The van der Waals surface area contributed by atoms with E-state index in [9.17, 15) is 9.18 Å². The number of hydrogen-bond donors (Lipinski definition) is 1. The molecule has 28 heavy (non-hydrogen) atoms. The van der Waals surface area contributed by atoms with Gasteiger partial charge in [-0.1, -0.05) is 30.3 Å². The van der Waals surface area contributed by atoms with Crippen molar-refractivity contribution in [3.8, 4) is 11.5 Å². The molecule has 4 aromatic rings. The van der Waals surface area contributed by atoms with E-state index in [4.69, 9.17) is 4.74 Å². The van der Waals surface area contributed by atoms with Gasteiger partial charge in [0.15, 0.2) is 0 Å². The molecule has 4 rings (SSSR count). The van der Waals surface area contributed by atoms with E-state index in [0.717, 1.165) is 11.3 Å². The third-order valence-corrected chi connectivity index (χ3v) is 4.11. The predicted molar refractivity (Wildman–Crippen MR) is 104 cm³/mol. The summed E-state index contributed by atoms with van der Waals surface area (Å²) in [6, 6.07) is 19.3. The smallest absolute Gasteiger partial charge is 0.253 e. The van der Waals surface area contributed by atoms with Crippen LogP contribution in [0.25, 0.3) is 11.0 Å². The van der Waals surface area contributed by atoms with Gasteiger partial charge in [0.25, 0.3) is 5.91 Å². The van der Waals surface area contributed by atoms with Gasteiger partial charge in [-0.05, 0) is 35.9 Å². The SMILES string of the molecule is O=C(NCc1cccc(Oc2ccccc2)c1)c1cc(F)cc2nccnc12. The highest BCUT2D eigenvalue weighted by Crippen LogP contribution is 2.22. The number of amides is 1. The third-order valence-electron chi connectivity index (χ3n) is 4.11. The first kappa shape index (κ1) is 17.6. The number of para-hydroxylation sites is 1. The Morgan fingerprint density at radius 2 is 1.71 bits per heavy atom. The van der Waals surface area contributed by atoms with Gasteiger partial charge in [0, 0.05) is 25.0 Å². The van der Waals surface area contributed by atoms with Gasteiger partial charge in [-0.3, -0.25) is 14.8 Å². The Bertz CT molecular complexity index is 1130. The summed E-state index contributed by atoms with van der Waals surface area (Å²) < 4.78 is 19.6. The van der Waals surface area contributed by atoms with Gasteiger partial charge in [-0.15, -0.1) is 0 Å². The minimum Gasteiger partial charge on any atom is -0.457 e. The number of carbonyl (C=O) groups excluding carboxylic acids is 1. The molecule has 0 saturated carbocycles. The largest absolute Gasteiger partial charge is 0.457 e. The Balaban J connectivity index is 1.49. The molecule has 1 amide bonds. The first-order chi connectivity index (χ1) is 13.7. The van der Waals surface area contributed by atoms with E-state index < -0.39 is 11.7 Å². The van der Waals surface area contributed by atoms with Gasteiger partial charge in [0.1, 0.15) is 22.8 Å². The van der Waals surface area contributed by atoms with Crippen molar-refractivity contribution in [2.75, 3.05) is 0 Å². The Morgan fingerprint density at radius 3 is 2.57 bits per heavy atom. The lowest BCUT2D eigenvalue weighted by Crippen LogP contribution is -2.23. The number of hydrogen-bond acceptors (Lipinski definition) is 4.